The van der Waals surface area contributed by atoms with Crippen molar-refractivity contribution in [2.45, 2.75) is 13.5 Å². The van der Waals surface area contributed by atoms with Crippen LogP contribution in [0.5, 0.6) is 11.5 Å². The molecule has 0 unspecified atom stereocenters. The fraction of sp³-hybridized carbons (Fsp3) is 0.120. The van der Waals surface area contributed by atoms with E-state index in [1.807, 2.05) is 37.3 Å². The van der Waals surface area contributed by atoms with Crippen molar-refractivity contribution in [2.75, 3.05) is 12.4 Å². The van der Waals surface area contributed by atoms with E-state index < -0.39 is 5.91 Å². The van der Waals surface area contributed by atoms with E-state index in [9.17, 15) is 10.1 Å². The summed E-state index contributed by atoms with van der Waals surface area (Å²) < 4.78 is 11.3. The molecule has 0 atom stereocenters. The second kappa shape index (κ2) is 10.7. The van der Waals surface area contributed by atoms with Gasteiger partial charge in [-0.25, -0.2) is 0 Å². The number of benzene rings is 3. The molecule has 0 fully saturated rings. The number of ether oxygens (including phenoxy) is 2. The maximum Gasteiger partial charge on any atom is 0.266 e. The van der Waals surface area contributed by atoms with Gasteiger partial charge in [-0.2, -0.15) is 5.26 Å². The van der Waals surface area contributed by atoms with Crippen LogP contribution in [0.2, 0.25) is 10.0 Å². The summed E-state index contributed by atoms with van der Waals surface area (Å²) >= 11 is 12.4. The first-order chi connectivity index (χ1) is 15.4. The Bertz CT molecular complexity index is 1220. The number of carbonyl (C=O) groups excluding carboxylic acids is 1. The number of rotatable bonds is 7. The van der Waals surface area contributed by atoms with Crippen LogP contribution in [0.15, 0.2) is 66.2 Å². The largest absolute Gasteiger partial charge is 0.493 e. The summed E-state index contributed by atoms with van der Waals surface area (Å²) in [6.07, 6.45) is 1.43. The van der Waals surface area contributed by atoms with Crippen LogP contribution < -0.4 is 14.8 Å². The maximum absolute atomic E-state index is 12.5. The van der Waals surface area contributed by atoms with Crippen molar-refractivity contribution in [3.63, 3.8) is 0 Å². The number of anilines is 1. The number of nitriles is 1. The molecular weight excluding hydrogens is 447 g/mol. The van der Waals surface area contributed by atoms with Crippen LogP contribution >= 0.6 is 23.2 Å². The van der Waals surface area contributed by atoms with Gasteiger partial charge in [-0.3, -0.25) is 4.79 Å². The molecule has 1 N–H and O–H groups in total. The molecular formula is C25H20Cl2N2O3. The van der Waals surface area contributed by atoms with Gasteiger partial charge in [0.25, 0.3) is 5.91 Å². The highest BCUT2D eigenvalue weighted by atomic mass is 35.5. The van der Waals surface area contributed by atoms with Crippen molar-refractivity contribution >= 4 is 40.9 Å². The van der Waals surface area contributed by atoms with Gasteiger partial charge in [0, 0.05) is 10.7 Å². The molecule has 3 rings (SSSR count). The third kappa shape index (κ3) is 5.82. The molecule has 0 saturated carbocycles. The number of nitrogens with one attached hydrogen (secondary N) is 1. The van der Waals surface area contributed by atoms with Crippen molar-refractivity contribution in [3.8, 4) is 17.6 Å². The minimum atomic E-state index is -0.565. The van der Waals surface area contributed by atoms with E-state index >= 15 is 0 Å². The van der Waals surface area contributed by atoms with E-state index in [4.69, 9.17) is 32.7 Å². The molecule has 0 aromatic heterocycles. The highest BCUT2D eigenvalue weighted by molar-refractivity contribution is 6.32. The molecule has 3 aromatic carbocycles. The third-order valence-corrected chi connectivity index (χ3v) is 5.16. The Kier molecular flexibility index (Phi) is 7.77. The predicted octanol–water partition coefficient (Wildman–Crippen LogP) is 6.44. The summed E-state index contributed by atoms with van der Waals surface area (Å²) in [4.78, 5) is 12.5. The molecule has 7 heteroatoms. The van der Waals surface area contributed by atoms with E-state index in [1.54, 1.807) is 36.4 Å². The van der Waals surface area contributed by atoms with Crippen molar-refractivity contribution in [2.24, 2.45) is 0 Å². The number of carbonyl (C=O) groups is 1. The molecule has 0 heterocycles. The standard InChI is InChI=1S/C25H20Cl2N2O3/c1-16-6-3-4-7-18(16)15-32-24-22(27)11-17(12-23(24)31-2)10-19(14-28)25(30)29-21-9-5-8-20(26)13-21/h3-13H,15H2,1-2H3,(H,29,30)/b19-10+. The number of methoxy groups -OCH3 is 1. The highest BCUT2D eigenvalue weighted by Crippen LogP contribution is 2.37. The summed E-state index contributed by atoms with van der Waals surface area (Å²) in [5.41, 5.74) is 3.04. The van der Waals surface area contributed by atoms with Gasteiger partial charge in [0.1, 0.15) is 18.2 Å². The van der Waals surface area contributed by atoms with Crippen LogP contribution in [0.3, 0.4) is 0 Å². The zero-order valence-electron chi connectivity index (χ0n) is 17.5. The maximum atomic E-state index is 12.5. The highest BCUT2D eigenvalue weighted by Gasteiger charge is 2.15. The lowest BCUT2D eigenvalue weighted by atomic mass is 10.1. The van der Waals surface area contributed by atoms with Gasteiger partial charge in [-0.05, 0) is 60.0 Å². The van der Waals surface area contributed by atoms with E-state index in [0.717, 1.165) is 11.1 Å². The number of halogens is 2. The van der Waals surface area contributed by atoms with E-state index in [-0.39, 0.29) is 5.57 Å². The lowest BCUT2D eigenvalue weighted by Crippen LogP contribution is -2.13. The van der Waals surface area contributed by atoms with Crippen LogP contribution in [0.4, 0.5) is 5.69 Å². The van der Waals surface area contributed by atoms with E-state index in [1.165, 1.54) is 13.2 Å². The summed E-state index contributed by atoms with van der Waals surface area (Å²) in [5.74, 6) is 0.214. The number of hydrogen-bond acceptors (Lipinski definition) is 4. The fourth-order valence-corrected chi connectivity index (χ4v) is 3.43. The van der Waals surface area contributed by atoms with Gasteiger partial charge in [0.05, 0.1) is 12.1 Å². The Balaban J connectivity index is 1.83. The first-order valence-electron chi connectivity index (χ1n) is 9.65. The second-order valence-electron chi connectivity index (χ2n) is 6.88. The Labute approximate surface area is 196 Å². The zero-order chi connectivity index (χ0) is 23.1. The second-order valence-corrected chi connectivity index (χ2v) is 7.73. The molecule has 0 radical (unpaired) electrons. The fourth-order valence-electron chi connectivity index (χ4n) is 2.97. The van der Waals surface area contributed by atoms with Crippen LogP contribution in [0.1, 0.15) is 16.7 Å². The Hall–Kier alpha value is -3.46. The number of nitrogens with zero attached hydrogens (tertiary/aromatic N) is 1. The van der Waals surface area contributed by atoms with Crippen LogP contribution in [0.25, 0.3) is 6.08 Å². The zero-order valence-corrected chi connectivity index (χ0v) is 19.0. The average Bonchev–Trinajstić information content (AvgIpc) is 2.77. The van der Waals surface area contributed by atoms with Gasteiger partial charge in [0.15, 0.2) is 11.5 Å². The smallest absolute Gasteiger partial charge is 0.266 e. The number of amides is 1. The van der Waals surface area contributed by atoms with Gasteiger partial charge in [-0.15, -0.1) is 0 Å². The normalized spacial score (nSPS) is 10.9. The summed E-state index contributed by atoms with van der Waals surface area (Å²) in [5, 5.41) is 12.9. The van der Waals surface area contributed by atoms with Gasteiger partial charge >= 0.3 is 0 Å². The minimum Gasteiger partial charge on any atom is -0.493 e. The Morgan fingerprint density at radius 2 is 1.91 bits per heavy atom. The molecule has 3 aromatic rings. The molecule has 0 saturated heterocycles. The number of hydrogen-bond donors (Lipinski definition) is 1. The van der Waals surface area contributed by atoms with Crippen molar-refractivity contribution in [1.82, 2.24) is 0 Å². The lowest BCUT2D eigenvalue weighted by Gasteiger charge is -2.14. The van der Waals surface area contributed by atoms with Gasteiger partial charge in [0.2, 0.25) is 0 Å². The monoisotopic (exact) mass is 466 g/mol. The first kappa shape index (κ1) is 23.2. The van der Waals surface area contributed by atoms with Crippen molar-refractivity contribution < 1.29 is 14.3 Å². The first-order valence-corrected chi connectivity index (χ1v) is 10.4. The van der Waals surface area contributed by atoms with Crippen LogP contribution in [-0.2, 0) is 11.4 Å². The SMILES string of the molecule is COc1cc(/C=C(\C#N)C(=O)Nc2cccc(Cl)c2)cc(Cl)c1OCc1ccccc1C. The Morgan fingerprint density at radius 1 is 1.12 bits per heavy atom. The summed E-state index contributed by atoms with van der Waals surface area (Å²) in [6, 6.07) is 19.7. The van der Waals surface area contributed by atoms with Crippen LogP contribution in [-0.4, -0.2) is 13.0 Å². The molecule has 0 spiro atoms. The van der Waals surface area contributed by atoms with Crippen molar-refractivity contribution in [1.29, 1.82) is 5.26 Å². The molecule has 1 amide bonds. The molecule has 0 aliphatic heterocycles. The third-order valence-electron chi connectivity index (χ3n) is 4.64. The number of aryl methyl sites for hydroxylation is 1. The van der Waals surface area contributed by atoms with Gasteiger partial charge in [-0.1, -0.05) is 53.5 Å². The molecule has 32 heavy (non-hydrogen) atoms. The molecule has 0 aliphatic carbocycles. The van der Waals surface area contributed by atoms with E-state index in [0.29, 0.717) is 39.4 Å². The molecule has 0 aliphatic rings. The Morgan fingerprint density at radius 3 is 2.59 bits per heavy atom. The van der Waals surface area contributed by atoms with Crippen molar-refractivity contribution in [3.05, 3.63) is 93.0 Å². The molecule has 162 valence electrons. The molecule has 5 nitrogen and oxygen atoms in total. The summed E-state index contributed by atoms with van der Waals surface area (Å²) in [6.45, 7) is 2.33. The molecule has 0 bridgehead atoms. The summed E-state index contributed by atoms with van der Waals surface area (Å²) in [7, 11) is 1.50. The average molecular weight is 467 g/mol. The lowest BCUT2D eigenvalue weighted by molar-refractivity contribution is -0.112. The quantitative estimate of drug-likeness (QED) is 0.321. The topological polar surface area (TPSA) is 71.3 Å². The van der Waals surface area contributed by atoms with E-state index in [2.05, 4.69) is 5.32 Å². The van der Waals surface area contributed by atoms with Crippen LogP contribution in [0, 0.1) is 18.3 Å². The predicted molar refractivity (Wildman–Crippen MR) is 127 cm³/mol. The van der Waals surface area contributed by atoms with Gasteiger partial charge < -0.3 is 14.8 Å². The minimum absolute atomic E-state index is 0.100.